The molecule has 20 heavy (non-hydrogen) atoms. The van der Waals surface area contributed by atoms with Gasteiger partial charge in [-0.1, -0.05) is 6.07 Å². The molecule has 0 radical (unpaired) electrons. The quantitative estimate of drug-likeness (QED) is 0.855. The highest BCUT2D eigenvalue weighted by Crippen LogP contribution is 2.27. The van der Waals surface area contributed by atoms with Crippen LogP contribution in [0.2, 0.25) is 0 Å². The predicted octanol–water partition coefficient (Wildman–Crippen LogP) is 1.47. The van der Waals surface area contributed by atoms with Crippen molar-refractivity contribution in [2.75, 3.05) is 40.5 Å². The lowest BCUT2D eigenvalue weighted by Gasteiger charge is -2.30. The molecule has 0 amide bonds. The van der Waals surface area contributed by atoms with E-state index in [0.29, 0.717) is 6.04 Å². The molecule has 5 nitrogen and oxygen atoms in total. The van der Waals surface area contributed by atoms with Crippen LogP contribution < -0.4 is 14.9 Å². The maximum Gasteiger partial charge on any atom is 0.160 e. The Kier molecular flexibility index (Phi) is 5.64. The van der Waals surface area contributed by atoms with Gasteiger partial charge >= 0.3 is 0 Å². The second-order valence-corrected chi connectivity index (χ2v) is 5.02. The minimum atomic E-state index is 0.367. The number of rotatable bonds is 6. The van der Waals surface area contributed by atoms with Gasteiger partial charge in [0.15, 0.2) is 11.5 Å². The first-order valence-corrected chi connectivity index (χ1v) is 7.02. The van der Waals surface area contributed by atoms with E-state index in [1.54, 1.807) is 14.2 Å². The molecule has 0 bridgehead atoms. The maximum atomic E-state index is 5.34. The summed E-state index contributed by atoms with van der Waals surface area (Å²) < 4.78 is 15.9. The van der Waals surface area contributed by atoms with Gasteiger partial charge in [-0.05, 0) is 31.0 Å². The summed E-state index contributed by atoms with van der Waals surface area (Å²) in [6, 6.07) is 6.44. The fourth-order valence-electron chi connectivity index (χ4n) is 2.41. The summed E-state index contributed by atoms with van der Waals surface area (Å²) >= 11 is 0. The number of nitrogens with zero attached hydrogens (tertiary/aromatic N) is 1. The normalized spacial score (nSPS) is 17.8. The first kappa shape index (κ1) is 15.1. The van der Waals surface area contributed by atoms with E-state index in [0.717, 1.165) is 44.2 Å². The third-order valence-corrected chi connectivity index (χ3v) is 3.40. The molecule has 112 valence electrons. The topological polar surface area (TPSA) is 43.0 Å². The average molecular weight is 280 g/mol. The minimum absolute atomic E-state index is 0.367. The monoisotopic (exact) mass is 280 g/mol. The summed E-state index contributed by atoms with van der Waals surface area (Å²) in [4.78, 5) is 0. The first-order valence-electron chi connectivity index (χ1n) is 7.02. The molecule has 0 spiro atoms. The Bertz CT molecular complexity index is 420. The van der Waals surface area contributed by atoms with E-state index in [1.807, 2.05) is 12.1 Å². The molecule has 1 fully saturated rings. The Morgan fingerprint density at radius 2 is 1.90 bits per heavy atom. The number of nitrogens with one attached hydrogen (secondary N) is 1. The molecule has 1 heterocycles. The summed E-state index contributed by atoms with van der Waals surface area (Å²) in [6.45, 7) is 5.67. The molecule has 1 N–H and O–H groups in total. The lowest BCUT2D eigenvalue weighted by Crippen LogP contribution is -2.49. The van der Waals surface area contributed by atoms with Gasteiger partial charge in [-0.25, -0.2) is 5.01 Å². The van der Waals surface area contributed by atoms with Crippen molar-refractivity contribution in [3.63, 3.8) is 0 Å². The largest absolute Gasteiger partial charge is 0.493 e. The zero-order valence-electron chi connectivity index (χ0n) is 12.5. The molecule has 1 saturated heterocycles. The van der Waals surface area contributed by atoms with Gasteiger partial charge in [-0.15, -0.1) is 0 Å². The molecule has 1 aliphatic rings. The molecule has 0 saturated carbocycles. The van der Waals surface area contributed by atoms with Crippen LogP contribution in [0.3, 0.4) is 0 Å². The zero-order chi connectivity index (χ0) is 14.4. The first-order chi connectivity index (χ1) is 9.72. The second-order valence-electron chi connectivity index (χ2n) is 5.02. The van der Waals surface area contributed by atoms with Crippen molar-refractivity contribution in [2.45, 2.75) is 19.4 Å². The van der Waals surface area contributed by atoms with Gasteiger partial charge < -0.3 is 14.2 Å². The Hall–Kier alpha value is -1.30. The lowest BCUT2D eigenvalue weighted by atomic mass is 10.1. The standard InChI is InChI=1S/C15H24N2O3/c1-12(16-17-6-8-20-9-7-17)10-13-4-5-14(18-2)15(11-13)19-3/h4-5,11-12,16H,6-10H2,1-3H3. The fourth-order valence-corrected chi connectivity index (χ4v) is 2.41. The van der Waals surface area contributed by atoms with Gasteiger partial charge in [0.2, 0.25) is 0 Å². The summed E-state index contributed by atoms with van der Waals surface area (Å²) in [7, 11) is 3.32. The van der Waals surface area contributed by atoms with Gasteiger partial charge in [0.05, 0.1) is 27.4 Å². The van der Waals surface area contributed by atoms with Crippen molar-refractivity contribution in [1.82, 2.24) is 10.4 Å². The van der Waals surface area contributed by atoms with Crippen molar-refractivity contribution >= 4 is 0 Å². The van der Waals surface area contributed by atoms with Gasteiger partial charge in [0, 0.05) is 19.1 Å². The van der Waals surface area contributed by atoms with Gasteiger partial charge in [0.25, 0.3) is 0 Å². The third-order valence-electron chi connectivity index (χ3n) is 3.40. The van der Waals surface area contributed by atoms with Crippen molar-refractivity contribution in [2.24, 2.45) is 0 Å². The SMILES string of the molecule is COc1ccc(CC(C)NN2CCOCC2)cc1OC. The third kappa shape index (κ3) is 4.10. The van der Waals surface area contributed by atoms with Crippen LogP contribution in [0.4, 0.5) is 0 Å². The van der Waals surface area contributed by atoms with E-state index in [9.17, 15) is 0 Å². The van der Waals surface area contributed by atoms with Gasteiger partial charge in [0.1, 0.15) is 0 Å². The molecule has 1 atom stereocenters. The Balaban J connectivity index is 1.91. The molecule has 0 aromatic heterocycles. The second kappa shape index (κ2) is 7.47. The predicted molar refractivity (Wildman–Crippen MR) is 78.2 cm³/mol. The van der Waals surface area contributed by atoms with Crippen molar-refractivity contribution < 1.29 is 14.2 Å². The van der Waals surface area contributed by atoms with E-state index >= 15 is 0 Å². The number of hydrazine groups is 1. The number of methoxy groups -OCH3 is 2. The van der Waals surface area contributed by atoms with E-state index in [1.165, 1.54) is 5.56 Å². The number of hydrogen-bond donors (Lipinski definition) is 1. The summed E-state index contributed by atoms with van der Waals surface area (Å²) in [6.07, 6.45) is 0.942. The Labute approximate surface area is 120 Å². The van der Waals surface area contributed by atoms with Crippen LogP contribution >= 0.6 is 0 Å². The minimum Gasteiger partial charge on any atom is -0.493 e. The number of ether oxygens (including phenoxy) is 3. The number of morpholine rings is 1. The molecule has 1 unspecified atom stereocenters. The highest BCUT2D eigenvalue weighted by Gasteiger charge is 2.14. The molecule has 1 aromatic rings. The van der Waals surface area contributed by atoms with Crippen LogP contribution in [0, 0.1) is 0 Å². The summed E-state index contributed by atoms with van der Waals surface area (Å²) in [5.74, 6) is 1.55. The Morgan fingerprint density at radius 1 is 1.20 bits per heavy atom. The van der Waals surface area contributed by atoms with E-state index in [2.05, 4.69) is 23.4 Å². The van der Waals surface area contributed by atoms with Crippen LogP contribution in [-0.4, -0.2) is 51.6 Å². The number of benzene rings is 1. The lowest BCUT2D eigenvalue weighted by molar-refractivity contribution is 0.00510. The molecule has 2 rings (SSSR count). The van der Waals surface area contributed by atoms with E-state index in [-0.39, 0.29) is 0 Å². The van der Waals surface area contributed by atoms with E-state index in [4.69, 9.17) is 14.2 Å². The fraction of sp³-hybridized carbons (Fsp3) is 0.600. The molecule has 5 heteroatoms. The zero-order valence-corrected chi connectivity index (χ0v) is 12.5. The van der Waals surface area contributed by atoms with Crippen molar-refractivity contribution in [3.05, 3.63) is 23.8 Å². The highest BCUT2D eigenvalue weighted by atomic mass is 16.5. The van der Waals surface area contributed by atoms with Crippen molar-refractivity contribution in [1.29, 1.82) is 0 Å². The molecular weight excluding hydrogens is 256 g/mol. The molecule has 1 aliphatic heterocycles. The average Bonchev–Trinajstić information content (AvgIpc) is 2.48. The van der Waals surface area contributed by atoms with Crippen LogP contribution in [0.1, 0.15) is 12.5 Å². The Morgan fingerprint density at radius 3 is 2.55 bits per heavy atom. The van der Waals surface area contributed by atoms with Crippen LogP contribution in [0.15, 0.2) is 18.2 Å². The van der Waals surface area contributed by atoms with Crippen LogP contribution in [-0.2, 0) is 11.2 Å². The smallest absolute Gasteiger partial charge is 0.160 e. The van der Waals surface area contributed by atoms with E-state index < -0.39 is 0 Å². The molecule has 1 aromatic carbocycles. The van der Waals surface area contributed by atoms with Crippen molar-refractivity contribution in [3.8, 4) is 11.5 Å². The summed E-state index contributed by atoms with van der Waals surface area (Å²) in [5.41, 5.74) is 4.75. The molecular formula is C15H24N2O3. The maximum absolute atomic E-state index is 5.34. The van der Waals surface area contributed by atoms with Crippen LogP contribution in [0.5, 0.6) is 11.5 Å². The van der Waals surface area contributed by atoms with Crippen LogP contribution in [0.25, 0.3) is 0 Å². The van der Waals surface area contributed by atoms with Gasteiger partial charge in [-0.2, -0.15) is 0 Å². The highest BCUT2D eigenvalue weighted by molar-refractivity contribution is 5.43. The number of hydrogen-bond acceptors (Lipinski definition) is 5. The molecule has 0 aliphatic carbocycles. The summed E-state index contributed by atoms with van der Waals surface area (Å²) in [5, 5.41) is 2.23. The van der Waals surface area contributed by atoms with Gasteiger partial charge in [-0.3, -0.25) is 5.43 Å².